The molecule has 4 heteroatoms. The molecule has 0 aromatic heterocycles. The fourth-order valence-corrected chi connectivity index (χ4v) is 1.94. The van der Waals surface area contributed by atoms with E-state index in [0.717, 1.165) is 31.6 Å². The van der Waals surface area contributed by atoms with Crippen molar-refractivity contribution in [1.82, 2.24) is 4.90 Å². The molecule has 0 heterocycles. The first-order chi connectivity index (χ1) is 9.17. The van der Waals surface area contributed by atoms with E-state index in [-0.39, 0.29) is 11.7 Å². The average Bonchev–Trinajstić information content (AvgIpc) is 2.40. The van der Waals surface area contributed by atoms with Crippen molar-refractivity contribution in [3.63, 3.8) is 0 Å². The summed E-state index contributed by atoms with van der Waals surface area (Å²) in [4.78, 5) is 13.9. The molecule has 1 N–H and O–H groups in total. The van der Waals surface area contributed by atoms with Crippen LogP contribution in [0.1, 0.15) is 33.1 Å². The third-order valence-electron chi connectivity index (χ3n) is 2.85. The lowest BCUT2D eigenvalue weighted by atomic mass is 10.2. The van der Waals surface area contributed by atoms with Gasteiger partial charge in [-0.05, 0) is 37.1 Å². The number of anilines is 1. The Kier molecular flexibility index (Phi) is 6.93. The molecular formula is C15H23FN2O. The van der Waals surface area contributed by atoms with Gasteiger partial charge in [0.15, 0.2) is 0 Å². The number of halogens is 1. The van der Waals surface area contributed by atoms with E-state index in [0.29, 0.717) is 13.0 Å². The molecule has 106 valence electrons. The third-order valence-corrected chi connectivity index (χ3v) is 2.85. The lowest BCUT2D eigenvalue weighted by molar-refractivity contribution is -0.131. The number of carbonyl (C=O) groups excluding carboxylic acids is 1. The van der Waals surface area contributed by atoms with Crippen molar-refractivity contribution in [1.29, 1.82) is 0 Å². The second-order valence-corrected chi connectivity index (χ2v) is 4.56. The molecule has 3 nitrogen and oxygen atoms in total. The van der Waals surface area contributed by atoms with Gasteiger partial charge in [0.2, 0.25) is 5.91 Å². The van der Waals surface area contributed by atoms with Gasteiger partial charge in [0, 0.05) is 31.7 Å². The molecule has 0 radical (unpaired) electrons. The summed E-state index contributed by atoms with van der Waals surface area (Å²) in [5.41, 5.74) is 0.840. The molecule has 1 rings (SSSR count). The quantitative estimate of drug-likeness (QED) is 0.783. The molecule has 0 aliphatic carbocycles. The van der Waals surface area contributed by atoms with Crippen LogP contribution in [0.4, 0.5) is 10.1 Å². The van der Waals surface area contributed by atoms with E-state index < -0.39 is 0 Å². The van der Waals surface area contributed by atoms with Gasteiger partial charge in [-0.3, -0.25) is 4.79 Å². The number of hydrogen-bond acceptors (Lipinski definition) is 2. The number of amides is 1. The molecule has 1 aromatic rings. The van der Waals surface area contributed by atoms with Crippen LogP contribution in [0.3, 0.4) is 0 Å². The Bertz CT molecular complexity index is 372. The van der Waals surface area contributed by atoms with Gasteiger partial charge < -0.3 is 10.2 Å². The predicted octanol–water partition coefficient (Wildman–Crippen LogP) is 3.28. The number of rotatable bonds is 8. The minimum Gasteiger partial charge on any atom is -0.385 e. The molecule has 0 aliphatic rings. The summed E-state index contributed by atoms with van der Waals surface area (Å²) < 4.78 is 12.7. The van der Waals surface area contributed by atoms with Crippen LogP contribution < -0.4 is 5.32 Å². The minimum absolute atomic E-state index is 0.179. The Morgan fingerprint density at radius 1 is 1.16 bits per heavy atom. The summed E-state index contributed by atoms with van der Waals surface area (Å²) in [6, 6.07) is 6.17. The maximum atomic E-state index is 12.7. The summed E-state index contributed by atoms with van der Waals surface area (Å²) in [5, 5.41) is 3.13. The van der Waals surface area contributed by atoms with Gasteiger partial charge in [0.25, 0.3) is 0 Å². The average molecular weight is 266 g/mol. The van der Waals surface area contributed by atoms with E-state index in [9.17, 15) is 9.18 Å². The van der Waals surface area contributed by atoms with Gasteiger partial charge in [0.1, 0.15) is 5.82 Å². The van der Waals surface area contributed by atoms with Crippen LogP contribution in [0.15, 0.2) is 24.3 Å². The number of benzene rings is 1. The third kappa shape index (κ3) is 5.73. The monoisotopic (exact) mass is 266 g/mol. The molecule has 0 saturated heterocycles. The number of nitrogens with one attached hydrogen (secondary N) is 1. The fourth-order valence-electron chi connectivity index (χ4n) is 1.94. The molecular weight excluding hydrogens is 243 g/mol. The topological polar surface area (TPSA) is 32.3 Å². The highest BCUT2D eigenvalue weighted by molar-refractivity contribution is 5.76. The number of hydrogen-bond donors (Lipinski definition) is 1. The first-order valence-corrected chi connectivity index (χ1v) is 6.94. The summed E-state index contributed by atoms with van der Waals surface area (Å²) in [5.74, 6) is -0.0722. The summed E-state index contributed by atoms with van der Waals surface area (Å²) >= 11 is 0. The maximum Gasteiger partial charge on any atom is 0.224 e. The zero-order valence-corrected chi connectivity index (χ0v) is 11.8. The molecule has 19 heavy (non-hydrogen) atoms. The van der Waals surface area contributed by atoms with Gasteiger partial charge in [0.05, 0.1) is 0 Å². The van der Waals surface area contributed by atoms with Crippen molar-refractivity contribution in [2.75, 3.05) is 25.0 Å². The van der Waals surface area contributed by atoms with E-state index in [2.05, 4.69) is 19.2 Å². The molecule has 0 bridgehead atoms. The molecule has 0 aliphatic heterocycles. The zero-order valence-electron chi connectivity index (χ0n) is 11.8. The Balaban J connectivity index is 2.34. The van der Waals surface area contributed by atoms with E-state index in [1.165, 1.54) is 12.1 Å². The molecule has 1 aromatic carbocycles. The van der Waals surface area contributed by atoms with Gasteiger partial charge in [-0.15, -0.1) is 0 Å². The number of carbonyl (C=O) groups is 1. The normalized spacial score (nSPS) is 10.3. The van der Waals surface area contributed by atoms with Crippen molar-refractivity contribution in [3.05, 3.63) is 30.1 Å². The molecule has 0 unspecified atom stereocenters. The van der Waals surface area contributed by atoms with Crippen molar-refractivity contribution in [3.8, 4) is 0 Å². The molecule has 0 fully saturated rings. The highest BCUT2D eigenvalue weighted by atomic mass is 19.1. The standard InChI is InChI=1S/C15H23FN2O/c1-3-11-18(12-4-2)15(19)9-10-17-14-7-5-13(16)6-8-14/h5-8,17H,3-4,9-12H2,1-2H3. The fraction of sp³-hybridized carbons (Fsp3) is 0.533. The van der Waals surface area contributed by atoms with Gasteiger partial charge >= 0.3 is 0 Å². The van der Waals surface area contributed by atoms with Crippen LogP contribution in [0, 0.1) is 5.82 Å². The van der Waals surface area contributed by atoms with Crippen LogP contribution in [-0.2, 0) is 4.79 Å². The van der Waals surface area contributed by atoms with Crippen LogP contribution >= 0.6 is 0 Å². The van der Waals surface area contributed by atoms with Crippen LogP contribution in [-0.4, -0.2) is 30.4 Å². The van der Waals surface area contributed by atoms with Crippen LogP contribution in [0.25, 0.3) is 0 Å². The van der Waals surface area contributed by atoms with E-state index in [1.807, 2.05) is 4.90 Å². The largest absolute Gasteiger partial charge is 0.385 e. The first kappa shape index (κ1) is 15.5. The Hall–Kier alpha value is -1.58. The SMILES string of the molecule is CCCN(CCC)C(=O)CCNc1ccc(F)cc1. The van der Waals surface area contributed by atoms with Crippen LogP contribution in [0.2, 0.25) is 0 Å². The van der Waals surface area contributed by atoms with Crippen molar-refractivity contribution < 1.29 is 9.18 Å². The van der Waals surface area contributed by atoms with E-state index >= 15 is 0 Å². The highest BCUT2D eigenvalue weighted by Gasteiger charge is 2.10. The molecule has 1 amide bonds. The second kappa shape index (κ2) is 8.51. The smallest absolute Gasteiger partial charge is 0.224 e. The van der Waals surface area contributed by atoms with Crippen molar-refractivity contribution >= 4 is 11.6 Å². The van der Waals surface area contributed by atoms with Gasteiger partial charge in [-0.2, -0.15) is 0 Å². The second-order valence-electron chi connectivity index (χ2n) is 4.56. The highest BCUT2D eigenvalue weighted by Crippen LogP contribution is 2.08. The number of nitrogens with zero attached hydrogens (tertiary/aromatic N) is 1. The summed E-state index contributed by atoms with van der Waals surface area (Å²) in [6.45, 7) is 6.38. The van der Waals surface area contributed by atoms with Crippen molar-refractivity contribution in [2.45, 2.75) is 33.1 Å². The van der Waals surface area contributed by atoms with E-state index in [4.69, 9.17) is 0 Å². The predicted molar refractivity (Wildman–Crippen MR) is 76.7 cm³/mol. The summed E-state index contributed by atoms with van der Waals surface area (Å²) in [7, 11) is 0. The molecule has 0 saturated carbocycles. The van der Waals surface area contributed by atoms with Gasteiger partial charge in [-0.25, -0.2) is 4.39 Å². The Morgan fingerprint density at radius 3 is 2.26 bits per heavy atom. The lowest BCUT2D eigenvalue weighted by Gasteiger charge is -2.21. The zero-order chi connectivity index (χ0) is 14.1. The van der Waals surface area contributed by atoms with Crippen molar-refractivity contribution in [2.24, 2.45) is 0 Å². The summed E-state index contributed by atoms with van der Waals surface area (Å²) in [6.07, 6.45) is 2.44. The van der Waals surface area contributed by atoms with Gasteiger partial charge in [-0.1, -0.05) is 13.8 Å². The molecule has 0 spiro atoms. The Labute approximate surface area is 114 Å². The van der Waals surface area contributed by atoms with E-state index in [1.54, 1.807) is 12.1 Å². The molecule has 0 atom stereocenters. The Morgan fingerprint density at radius 2 is 1.74 bits per heavy atom. The minimum atomic E-state index is -0.251. The van der Waals surface area contributed by atoms with Crippen LogP contribution in [0.5, 0.6) is 0 Å². The lowest BCUT2D eigenvalue weighted by Crippen LogP contribution is -2.33. The first-order valence-electron chi connectivity index (χ1n) is 6.94. The maximum absolute atomic E-state index is 12.7.